The van der Waals surface area contributed by atoms with Gasteiger partial charge in [-0.05, 0) is 157 Å². The quantitative estimate of drug-likeness (QED) is 0.0561. The summed E-state index contributed by atoms with van der Waals surface area (Å²) in [5, 5.41) is 4.95. The molecule has 342 valence electrons. The number of rotatable bonds is 15. The first-order valence-corrected chi connectivity index (χ1v) is 25.7. The van der Waals surface area contributed by atoms with Crippen molar-refractivity contribution in [2.45, 2.75) is 33.6 Å². The Labute approximate surface area is 420 Å². The molecule has 0 radical (unpaired) electrons. The number of hydrogen-bond acceptors (Lipinski definition) is 1. The highest BCUT2D eigenvalue weighted by Gasteiger charge is 2.19. The smallest absolute Gasteiger partial charge is 0.0142 e. The summed E-state index contributed by atoms with van der Waals surface area (Å²) in [5.41, 5.74) is 17.1. The fourth-order valence-corrected chi connectivity index (χ4v) is 10.2. The van der Waals surface area contributed by atoms with Crippen LogP contribution < -0.4 is 0 Å². The molecule has 8 aromatic rings. The minimum atomic E-state index is 0.432. The van der Waals surface area contributed by atoms with Crippen LogP contribution in [0.4, 0.5) is 0 Å². The lowest BCUT2D eigenvalue weighted by Gasteiger charge is -2.19. The third kappa shape index (κ3) is 11.2. The first kappa shape index (κ1) is 47.4. The predicted molar refractivity (Wildman–Crippen MR) is 310 cm³/mol. The largest absolute Gasteiger partial charge is 0.129 e. The lowest BCUT2D eigenvalue weighted by molar-refractivity contribution is 0.716. The first-order chi connectivity index (χ1) is 34.5. The Morgan fingerprint density at radius 1 is 0.543 bits per heavy atom. The second kappa shape index (κ2) is 23.1. The minimum Gasteiger partial charge on any atom is -0.129 e. The van der Waals surface area contributed by atoms with Crippen LogP contribution in [0, 0.1) is 5.92 Å². The van der Waals surface area contributed by atoms with E-state index < -0.39 is 0 Å². The molecule has 0 aromatic heterocycles. The number of thioether (sulfide) groups is 1. The molecule has 0 N–H and O–H groups in total. The van der Waals surface area contributed by atoms with E-state index >= 15 is 0 Å². The van der Waals surface area contributed by atoms with Crippen LogP contribution in [-0.4, -0.2) is 6.26 Å². The highest BCUT2D eigenvalue weighted by atomic mass is 32.2. The summed E-state index contributed by atoms with van der Waals surface area (Å²) in [6.45, 7) is 6.58. The maximum absolute atomic E-state index is 2.44. The summed E-state index contributed by atoms with van der Waals surface area (Å²) >= 11 is 1.80. The zero-order valence-corrected chi connectivity index (χ0v) is 41.5. The Morgan fingerprint density at radius 2 is 1.07 bits per heavy atom. The van der Waals surface area contributed by atoms with Gasteiger partial charge in [-0.25, -0.2) is 0 Å². The number of fused-ring (bicyclic) bond motifs is 2. The molecular formula is C69H60S. The summed E-state index contributed by atoms with van der Waals surface area (Å²) in [7, 11) is 0. The van der Waals surface area contributed by atoms with Gasteiger partial charge in [0.25, 0.3) is 0 Å². The number of hydrogen-bond donors (Lipinski definition) is 0. The fraction of sp³-hybridized carbons (Fsp3) is 0.101. The Morgan fingerprint density at radius 3 is 1.64 bits per heavy atom. The second-order valence-electron chi connectivity index (χ2n) is 18.0. The van der Waals surface area contributed by atoms with Gasteiger partial charge in [-0.15, -0.1) is 11.8 Å². The molecule has 9 rings (SSSR count). The molecule has 0 heterocycles. The van der Waals surface area contributed by atoms with Gasteiger partial charge in [0, 0.05) is 4.91 Å². The summed E-state index contributed by atoms with van der Waals surface area (Å²) in [6.07, 6.45) is 33.1. The molecule has 0 fully saturated rings. The molecule has 1 aliphatic rings. The van der Waals surface area contributed by atoms with Gasteiger partial charge < -0.3 is 0 Å². The summed E-state index contributed by atoms with van der Waals surface area (Å²) in [5.74, 6) is 0.432. The molecule has 1 unspecified atom stereocenters. The van der Waals surface area contributed by atoms with Gasteiger partial charge in [0.15, 0.2) is 0 Å². The standard InChI is InChI=1S/C69H60S/c1-5-6-23-50(2)46-51(3)24-22-35-67(70-4)60-44-45-63-66(49-60)69(59-42-38-53(39-43-59)48-64(55-27-14-9-15-28-55)54-25-12-7-8-13-26-54)62-34-21-20-33-61(62)68(63)58-40-36-52(37-41-58)47-65(56-29-16-10-17-30-56)57-31-18-11-19-32-57/h5-12,14-45,47-49,51H,13,46H2,1-4H3/b6-5-,24-22+,50-23+,64-48-,67-35-. The average Bonchev–Trinajstić information content (AvgIpc) is 3.70. The molecule has 1 atom stereocenters. The Kier molecular flexibility index (Phi) is 15.6. The predicted octanol–water partition coefficient (Wildman–Crippen LogP) is 19.7. The van der Waals surface area contributed by atoms with E-state index in [1.165, 1.54) is 93.3 Å². The van der Waals surface area contributed by atoms with Crippen molar-refractivity contribution in [1.29, 1.82) is 0 Å². The summed E-state index contributed by atoms with van der Waals surface area (Å²) in [6, 6.07) is 66.6. The van der Waals surface area contributed by atoms with Gasteiger partial charge in [-0.1, -0.05) is 249 Å². The van der Waals surface area contributed by atoms with Crippen molar-refractivity contribution < 1.29 is 0 Å². The molecule has 0 bridgehead atoms. The van der Waals surface area contributed by atoms with E-state index in [-0.39, 0.29) is 0 Å². The molecule has 0 aliphatic heterocycles. The molecule has 1 heteroatoms. The van der Waals surface area contributed by atoms with Gasteiger partial charge in [0.05, 0.1) is 0 Å². The van der Waals surface area contributed by atoms with Crippen LogP contribution in [0.2, 0.25) is 0 Å². The van der Waals surface area contributed by atoms with E-state index in [0.29, 0.717) is 5.92 Å². The summed E-state index contributed by atoms with van der Waals surface area (Å²) < 4.78 is 0. The zero-order chi connectivity index (χ0) is 48.1. The van der Waals surface area contributed by atoms with E-state index in [1.807, 2.05) is 0 Å². The molecule has 1 aliphatic carbocycles. The first-order valence-electron chi connectivity index (χ1n) is 24.5. The van der Waals surface area contributed by atoms with Crippen molar-refractivity contribution in [3.8, 4) is 22.3 Å². The second-order valence-corrected chi connectivity index (χ2v) is 18.9. The lowest BCUT2D eigenvalue weighted by atomic mass is 9.85. The molecule has 0 amide bonds. The van der Waals surface area contributed by atoms with Gasteiger partial charge in [0.1, 0.15) is 0 Å². The van der Waals surface area contributed by atoms with Gasteiger partial charge >= 0.3 is 0 Å². The topological polar surface area (TPSA) is 0 Å². The Balaban J connectivity index is 1.18. The molecular weight excluding hydrogens is 861 g/mol. The van der Waals surface area contributed by atoms with E-state index in [4.69, 9.17) is 0 Å². The van der Waals surface area contributed by atoms with Crippen molar-refractivity contribution in [2.24, 2.45) is 5.92 Å². The molecule has 0 nitrogen and oxygen atoms in total. The highest BCUT2D eigenvalue weighted by molar-refractivity contribution is 8.07. The van der Waals surface area contributed by atoms with Crippen molar-refractivity contribution in [1.82, 2.24) is 0 Å². The van der Waals surface area contributed by atoms with Crippen LogP contribution in [0.5, 0.6) is 0 Å². The van der Waals surface area contributed by atoms with E-state index in [9.17, 15) is 0 Å². The molecule has 8 aromatic carbocycles. The molecule has 0 saturated carbocycles. The highest BCUT2D eigenvalue weighted by Crippen LogP contribution is 2.45. The lowest BCUT2D eigenvalue weighted by Crippen LogP contribution is -1.93. The normalized spacial score (nSPS) is 13.8. The monoisotopic (exact) mass is 920 g/mol. The molecule has 0 saturated heterocycles. The third-order valence-electron chi connectivity index (χ3n) is 13.0. The average molecular weight is 921 g/mol. The molecule has 0 spiro atoms. The van der Waals surface area contributed by atoms with Crippen LogP contribution in [0.25, 0.3) is 72.0 Å². The van der Waals surface area contributed by atoms with E-state index in [0.717, 1.165) is 24.0 Å². The van der Waals surface area contributed by atoms with E-state index in [1.54, 1.807) is 11.8 Å². The maximum Gasteiger partial charge on any atom is 0.0142 e. The SMILES string of the molecule is C/C=C\C=C(/C)CC(C)/C=C/C=C(\SC)c1ccc2c(-c3ccc(C=C(c4ccccc4)c4ccccc4)cc3)c3ccccc3c(-c3ccc(/C=C(/C4=CCC=CC=C4)c4ccccc4)cc3)c2c1. The number of benzene rings is 8. The number of allylic oxidation sites excluding steroid dienone is 14. The van der Waals surface area contributed by atoms with Crippen molar-refractivity contribution in [3.05, 3.63) is 293 Å². The minimum absolute atomic E-state index is 0.432. The van der Waals surface area contributed by atoms with Crippen LogP contribution >= 0.6 is 11.8 Å². The Bertz CT molecular complexity index is 3330. The van der Waals surface area contributed by atoms with Gasteiger partial charge in [-0.3, -0.25) is 0 Å². The summed E-state index contributed by atoms with van der Waals surface area (Å²) in [4.78, 5) is 1.24. The fourth-order valence-electron chi connectivity index (χ4n) is 9.60. The van der Waals surface area contributed by atoms with Crippen molar-refractivity contribution in [3.63, 3.8) is 0 Å². The zero-order valence-electron chi connectivity index (χ0n) is 40.7. The van der Waals surface area contributed by atoms with Gasteiger partial charge in [-0.2, -0.15) is 0 Å². The van der Waals surface area contributed by atoms with Crippen LogP contribution in [0.15, 0.2) is 260 Å². The molecule has 70 heavy (non-hydrogen) atoms. The maximum atomic E-state index is 2.44. The van der Waals surface area contributed by atoms with Crippen LogP contribution in [0.1, 0.15) is 67.0 Å². The van der Waals surface area contributed by atoms with Gasteiger partial charge in [0.2, 0.25) is 0 Å². The Hall–Kier alpha value is -7.71. The van der Waals surface area contributed by atoms with Crippen molar-refractivity contribution in [2.75, 3.05) is 6.26 Å². The third-order valence-corrected chi connectivity index (χ3v) is 13.8. The van der Waals surface area contributed by atoms with Crippen LogP contribution in [-0.2, 0) is 0 Å². The van der Waals surface area contributed by atoms with E-state index in [2.05, 4.69) is 288 Å². The van der Waals surface area contributed by atoms with Crippen LogP contribution in [0.3, 0.4) is 0 Å². The van der Waals surface area contributed by atoms with Crippen molar-refractivity contribution >= 4 is 61.5 Å².